The average molecular weight is 364 g/mol. The Balaban J connectivity index is 1.40. The number of nitrogens with zero attached hydrogens (tertiary/aromatic N) is 3. The summed E-state index contributed by atoms with van der Waals surface area (Å²) in [6.45, 7) is 6.16. The summed E-state index contributed by atoms with van der Waals surface area (Å²) >= 11 is 3.50. The number of aliphatic imine (C=N–C) groups is 1. The number of rotatable bonds is 5. The Morgan fingerprint density at radius 2 is 2.25 bits per heavy atom. The van der Waals surface area contributed by atoms with Gasteiger partial charge >= 0.3 is 0 Å². The maximum Gasteiger partial charge on any atom is 0.191 e. The molecule has 130 valence electrons. The molecule has 0 radical (unpaired) electrons. The van der Waals surface area contributed by atoms with Gasteiger partial charge in [0.1, 0.15) is 5.01 Å². The Bertz CT molecular complexity index is 642. The maximum atomic E-state index is 4.38. The standard InChI is InChI=1S/C17H25N5S2/c1-13-9-19-16(24-13)10-20-17(18-2)21-15-3-6-22(7-4-15)11-14-5-8-23-12-14/h5,8-9,12,15H,3-4,6-7,10-11H2,1-2H3,(H2,18,20,21). The van der Waals surface area contributed by atoms with Crippen molar-refractivity contribution in [2.24, 2.45) is 4.99 Å². The lowest BCUT2D eigenvalue weighted by Gasteiger charge is -2.32. The van der Waals surface area contributed by atoms with Gasteiger partial charge in [-0.05, 0) is 42.2 Å². The minimum absolute atomic E-state index is 0.493. The zero-order valence-corrected chi connectivity index (χ0v) is 15.9. The molecule has 3 rings (SSSR count). The van der Waals surface area contributed by atoms with E-state index >= 15 is 0 Å². The number of hydrogen-bond acceptors (Lipinski definition) is 5. The third-order valence-corrected chi connectivity index (χ3v) is 5.86. The van der Waals surface area contributed by atoms with E-state index in [9.17, 15) is 0 Å². The van der Waals surface area contributed by atoms with Gasteiger partial charge in [-0.15, -0.1) is 11.3 Å². The zero-order valence-electron chi connectivity index (χ0n) is 14.3. The van der Waals surface area contributed by atoms with Gasteiger partial charge in [0.25, 0.3) is 0 Å². The SMILES string of the molecule is CN=C(NCc1ncc(C)s1)NC1CCN(Cc2ccsc2)CC1. The topological polar surface area (TPSA) is 52.6 Å². The number of thiazole rings is 1. The van der Waals surface area contributed by atoms with Crippen molar-refractivity contribution in [2.75, 3.05) is 20.1 Å². The molecule has 24 heavy (non-hydrogen) atoms. The highest BCUT2D eigenvalue weighted by Gasteiger charge is 2.20. The quantitative estimate of drug-likeness (QED) is 0.634. The highest BCUT2D eigenvalue weighted by Crippen LogP contribution is 2.15. The first-order valence-electron chi connectivity index (χ1n) is 8.35. The minimum Gasteiger partial charge on any atom is -0.354 e. The zero-order chi connectivity index (χ0) is 16.8. The molecule has 0 saturated carbocycles. The van der Waals surface area contributed by atoms with E-state index in [1.54, 1.807) is 22.7 Å². The maximum absolute atomic E-state index is 4.38. The largest absolute Gasteiger partial charge is 0.354 e. The van der Waals surface area contributed by atoms with E-state index in [2.05, 4.69) is 49.3 Å². The van der Waals surface area contributed by atoms with E-state index in [1.165, 1.54) is 10.4 Å². The molecule has 2 N–H and O–H groups in total. The summed E-state index contributed by atoms with van der Waals surface area (Å²) in [6, 6.07) is 2.72. The van der Waals surface area contributed by atoms with E-state index in [0.29, 0.717) is 6.04 Å². The molecule has 1 fully saturated rings. The summed E-state index contributed by atoms with van der Waals surface area (Å²) in [5, 5.41) is 12.4. The molecule has 0 bridgehead atoms. The highest BCUT2D eigenvalue weighted by atomic mass is 32.1. The second-order valence-electron chi connectivity index (χ2n) is 6.12. The van der Waals surface area contributed by atoms with Crippen molar-refractivity contribution in [3.63, 3.8) is 0 Å². The van der Waals surface area contributed by atoms with Gasteiger partial charge in [0, 0.05) is 43.8 Å². The molecule has 1 aliphatic rings. The molecule has 1 saturated heterocycles. The van der Waals surface area contributed by atoms with Crippen molar-refractivity contribution in [3.05, 3.63) is 38.5 Å². The summed E-state index contributed by atoms with van der Waals surface area (Å²) < 4.78 is 0. The lowest BCUT2D eigenvalue weighted by molar-refractivity contribution is 0.198. The Labute approximate surface area is 151 Å². The Kier molecular flexibility index (Phi) is 6.23. The van der Waals surface area contributed by atoms with Gasteiger partial charge in [0.05, 0.1) is 6.54 Å². The molecule has 2 aromatic rings. The molecule has 1 aliphatic heterocycles. The van der Waals surface area contributed by atoms with Crippen LogP contribution in [-0.2, 0) is 13.1 Å². The molecule has 5 nitrogen and oxygen atoms in total. The molecule has 7 heteroatoms. The predicted molar refractivity (Wildman–Crippen MR) is 103 cm³/mol. The van der Waals surface area contributed by atoms with Crippen molar-refractivity contribution in [1.82, 2.24) is 20.5 Å². The third kappa shape index (κ3) is 5.03. The van der Waals surface area contributed by atoms with Crippen LogP contribution in [0.2, 0.25) is 0 Å². The van der Waals surface area contributed by atoms with Crippen LogP contribution < -0.4 is 10.6 Å². The molecule has 0 aromatic carbocycles. The van der Waals surface area contributed by atoms with Crippen LogP contribution in [0.1, 0.15) is 28.3 Å². The molecule has 0 atom stereocenters. The van der Waals surface area contributed by atoms with E-state index in [1.807, 2.05) is 13.2 Å². The molecule has 0 spiro atoms. The molecule has 0 amide bonds. The summed E-state index contributed by atoms with van der Waals surface area (Å²) in [4.78, 5) is 12.5. The molecule has 3 heterocycles. The molecular formula is C17H25N5S2. The number of nitrogens with one attached hydrogen (secondary N) is 2. The average Bonchev–Trinajstić information content (AvgIpc) is 3.25. The van der Waals surface area contributed by atoms with Crippen LogP contribution in [0.25, 0.3) is 0 Å². The van der Waals surface area contributed by atoms with Crippen LogP contribution in [0, 0.1) is 6.92 Å². The van der Waals surface area contributed by atoms with Crippen LogP contribution in [0.3, 0.4) is 0 Å². The van der Waals surface area contributed by atoms with E-state index in [4.69, 9.17) is 0 Å². The number of thiophene rings is 1. The third-order valence-electron chi connectivity index (χ3n) is 4.21. The number of piperidine rings is 1. The van der Waals surface area contributed by atoms with Crippen molar-refractivity contribution in [3.8, 4) is 0 Å². The van der Waals surface area contributed by atoms with Crippen LogP contribution in [0.5, 0.6) is 0 Å². The Hall–Kier alpha value is -1.44. The van der Waals surface area contributed by atoms with Gasteiger partial charge in [-0.3, -0.25) is 9.89 Å². The van der Waals surface area contributed by atoms with Crippen molar-refractivity contribution in [2.45, 2.75) is 38.9 Å². The Morgan fingerprint density at radius 1 is 1.42 bits per heavy atom. The monoisotopic (exact) mass is 363 g/mol. The summed E-state index contributed by atoms with van der Waals surface area (Å²) in [7, 11) is 1.83. The van der Waals surface area contributed by atoms with Crippen LogP contribution in [-0.4, -0.2) is 42.0 Å². The van der Waals surface area contributed by atoms with Crippen LogP contribution in [0.15, 0.2) is 28.0 Å². The van der Waals surface area contributed by atoms with Crippen LogP contribution >= 0.6 is 22.7 Å². The van der Waals surface area contributed by atoms with E-state index < -0.39 is 0 Å². The lowest BCUT2D eigenvalue weighted by atomic mass is 10.0. The lowest BCUT2D eigenvalue weighted by Crippen LogP contribution is -2.48. The molecule has 0 aliphatic carbocycles. The van der Waals surface area contributed by atoms with Gasteiger partial charge < -0.3 is 10.6 Å². The molecule has 0 unspecified atom stereocenters. The molecule has 2 aromatic heterocycles. The second-order valence-corrected chi connectivity index (χ2v) is 8.22. The summed E-state index contributed by atoms with van der Waals surface area (Å²) in [5.74, 6) is 0.874. The van der Waals surface area contributed by atoms with Gasteiger partial charge in [-0.2, -0.15) is 11.3 Å². The molecular weight excluding hydrogens is 338 g/mol. The fourth-order valence-electron chi connectivity index (χ4n) is 2.91. The predicted octanol–water partition coefficient (Wildman–Crippen LogP) is 2.84. The second kappa shape index (κ2) is 8.60. The first-order chi connectivity index (χ1) is 11.7. The minimum atomic E-state index is 0.493. The summed E-state index contributed by atoms with van der Waals surface area (Å²) in [5.41, 5.74) is 1.43. The van der Waals surface area contributed by atoms with Gasteiger partial charge in [-0.1, -0.05) is 0 Å². The van der Waals surface area contributed by atoms with Gasteiger partial charge in [0.15, 0.2) is 5.96 Å². The smallest absolute Gasteiger partial charge is 0.191 e. The highest BCUT2D eigenvalue weighted by molar-refractivity contribution is 7.11. The van der Waals surface area contributed by atoms with Crippen molar-refractivity contribution in [1.29, 1.82) is 0 Å². The number of hydrogen-bond donors (Lipinski definition) is 2. The first-order valence-corrected chi connectivity index (χ1v) is 10.1. The van der Waals surface area contributed by atoms with Crippen molar-refractivity contribution < 1.29 is 0 Å². The van der Waals surface area contributed by atoms with Gasteiger partial charge in [0.2, 0.25) is 0 Å². The number of guanidine groups is 1. The fraction of sp³-hybridized carbons (Fsp3) is 0.529. The number of aryl methyl sites for hydroxylation is 1. The first kappa shape index (κ1) is 17.4. The Morgan fingerprint density at radius 3 is 2.88 bits per heavy atom. The summed E-state index contributed by atoms with van der Waals surface area (Å²) in [6.07, 6.45) is 4.23. The number of aromatic nitrogens is 1. The fourth-order valence-corrected chi connectivity index (χ4v) is 4.29. The van der Waals surface area contributed by atoms with Crippen LogP contribution in [0.4, 0.5) is 0 Å². The normalized spacial score (nSPS) is 17.2. The van der Waals surface area contributed by atoms with E-state index in [-0.39, 0.29) is 0 Å². The number of likely N-dealkylation sites (tertiary alicyclic amines) is 1. The van der Waals surface area contributed by atoms with E-state index in [0.717, 1.165) is 50.0 Å². The van der Waals surface area contributed by atoms with Gasteiger partial charge in [-0.25, -0.2) is 4.98 Å². The van der Waals surface area contributed by atoms with Crippen molar-refractivity contribution >= 4 is 28.6 Å².